The van der Waals surface area contributed by atoms with Crippen LogP contribution in [0.2, 0.25) is 0 Å². The lowest BCUT2D eigenvalue weighted by molar-refractivity contribution is 0.362. The topological polar surface area (TPSA) is 12.0 Å². The van der Waals surface area contributed by atoms with Crippen LogP contribution in [0.5, 0.6) is 0 Å². The van der Waals surface area contributed by atoms with Crippen LogP contribution in [0.25, 0.3) is 0 Å². The number of halogens is 2. The summed E-state index contributed by atoms with van der Waals surface area (Å²) in [6.45, 7) is 7.93. The normalized spacial score (nSPS) is 14.5. The Morgan fingerprint density at radius 2 is 2.00 bits per heavy atom. The summed E-state index contributed by atoms with van der Waals surface area (Å²) in [5, 5.41) is 3.71. The van der Waals surface area contributed by atoms with Crippen LogP contribution in [-0.2, 0) is 0 Å². The average Bonchev–Trinajstić information content (AvgIpc) is 2.34. The van der Waals surface area contributed by atoms with Crippen molar-refractivity contribution in [2.75, 3.05) is 6.54 Å². The molecule has 0 aliphatic carbocycles. The Bertz CT molecular complexity index is 368. The Hall–Kier alpha value is 0.390. The van der Waals surface area contributed by atoms with E-state index in [2.05, 4.69) is 82.8 Å². The number of rotatable bonds is 7. The van der Waals surface area contributed by atoms with Gasteiger partial charge in [-0.05, 0) is 71.7 Å². The lowest BCUT2D eigenvalue weighted by Gasteiger charge is -2.26. The minimum absolute atomic E-state index is 0.467. The molecule has 1 N–H and O–H groups in total. The summed E-state index contributed by atoms with van der Waals surface area (Å²) in [5.41, 5.74) is 1.43. The standard InChI is InChI=1S/C15H23BrIN/c1-4-6-11(3)15(18-9-5-2)13-10-12(16)7-8-14(13)17/h7-8,10-11,15,18H,4-6,9H2,1-3H3. The van der Waals surface area contributed by atoms with Gasteiger partial charge in [-0.3, -0.25) is 0 Å². The molecule has 0 saturated carbocycles. The van der Waals surface area contributed by atoms with Crippen molar-refractivity contribution >= 4 is 38.5 Å². The summed E-state index contributed by atoms with van der Waals surface area (Å²) in [6.07, 6.45) is 3.69. The first-order chi connectivity index (χ1) is 8.60. The monoisotopic (exact) mass is 423 g/mol. The Morgan fingerprint density at radius 3 is 2.61 bits per heavy atom. The van der Waals surface area contributed by atoms with Crippen LogP contribution in [0.1, 0.15) is 51.6 Å². The molecule has 0 fully saturated rings. The third kappa shape index (κ3) is 4.82. The van der Waals surface area contributed by atoms with Crippen LogP contribution in [0.15, 0.2) is 22.7 Å². The Kier molecular flexibility index (Phi) is 7.80. The van der Waals surface area contributed by atoms with Crippen molar-refractivity contribution in [1.29, 1.82) is 0 Å². The second-order valence-corrected chi connectivity index (χ2v) is 6.94. The summed E-state index contributed by atoms with van der Waals surface area (Å²) < 4.78 is 2.53. The molecule has 0 spiro atoms. The number of nitrogens with one attached hydrogen (secondary N) is 1. The molecular weight excluding hydrogens is 401 g/mol. The van der Waals surface area contributed by atoms with Crippen molar-refractivity contribution in [3.05, 3.63) is 31.8 Å². The summed E-state index contributed by atoms with van der Waals surface area (Å²) >= 11 is 6.03. The molecule has 1 aromatic rings. The molecule has 2 atom stereocenters. The fourth-order valence-electron chi connectivity index (χ4n) is 2.29. The molecule has 0 saturated heterocycles. The molecule has 0 aliphatic rings. The summed E-state index contributed by atoms with van der Waals surface area (Å²) in [6, 6.07) is 7.04. The largest absolute Gasteiger partial charge is 0.310 e. The Morgan fingerprint density at radius 1 is 1.28 bits per heavy atom. The molecule has 0 heterocycles. The molecule has 0 radical (unpaired) electrons. The van der Waals surface area contributed by atoms with Gasteiger partial charge in [0.1, 0.15) is 0 Å². The van der Waals surface area contributed by atoms with E-state index >= 15 is 0 Å². The average molecular weight is 424 g/mol. The molecule has 1 nitrogen and oxygen atoms in total. The highest BCUT2D eigenvalue weighted by Crippen LogP contribution is 2.31. The SMILES string of the molecule is CCCNC(c1cc(Br)ccc1I)C(C)CCC. The Labute approximate surface area is 133 Å². The maximum absolute atomic E-state index is 3.71. The van der Waals surface area contributed by atoms with Crippen molar-refractivity contribution in [2.45, 2.75) is 46.1 Å². The van der Waals surface area contributed by atoms with E-state index in [1.807, 2.05) is 0 Å². The lowest BCUT2D eigenvalue weighted by atomic mass is 9.91. The molecule has 3 heteroatoms. The molecule has 1 rings (SSSR count). The van der Waals surface area contributed by atoms with Crippen molar-refractivity contribution < 1.29 is 0 Å². The van der Waals surface area contributed by atoms with E-state index in [0.717, 1.165) is 6.54 Å². The van der Waals surface area contributed by atoms with Crippen LogP contribution in [0.4, 0.5) is 0 Å². The summed E-state index contributed by atoms with van der Waals surface area (Å²) in [5.74, 6) is 0.671. The minimum Gasteiger partial charge on any atom is -0.310 e. The van der Waals surface area contributed by atoms with Gasteiger partial charge in [-0.25, -0.2) is 0 Å². The van der Waals surface area contributed by atoms with Crippen molar-refractivity contribution in [2.24, 2.45) is 5.92 Å². The first-order valence-electron chi connectivity index (χ1n) is 6.78. The van der Waals surface area contributed by atoms with Crippen molar-refractivity contribution in [3.8, 4) is 0 Å². The molecule has 0 amide bonds. The van der Waals surface area contributed by atoms with Gasteiger partial charge in [0, 0.05) is 14.1 Å². The maximum Gasteiger partial charge on any atom is 0.0356 e. The molecule has 18 heavy (non-hydrogen) atoms. The zero-order chi connectivity index (χ0) is 13.5. The van der Waals surface area contributed by atoms with Gasteiger partial charge in [-0.2, -0.15) is 0 Å². The quantitative estimate of drug-likeness (QED) is 0.568. The zero-order valence-corrected chi connectivity index (χ0v) is 15.2. The number of hydrogen-bond donors (Lipinski definition) is 1. The smallest absolute Gasteiger partial charge is 0.0356 e. The van der Waals surface area contributed by atoms with E-state index in [1.165, 1.54) is 32.9 Å². The van der Waals surface area contributed by atoms with Crippen LogP contribution in [0, 0.1) is 9.49 Å². The lowest BCUT2D eigenvalue weighted by Crippen LogP contribution is -2.28. The van der Waals surface area contributed by atoms with Gasteiger partial charge in [0.2, 0.25) is 0 Å². The molecule has 0 bridgehead atoms. The van der Waals surface area contributed by atoms with E-state index in [-0.39, 0.29) is 0 Å². The fraction of sp³-hybridized carbons (Fsp3) is 0.600. The molecule has 2 unspecified atom stereocenters. The van der Waals surface area contributed by atoms with Gasteiger partial charge in [0.25, 0.3) is 0 Å². The first kappa shape index (κ1) is 16.4. The van der Waals surface area contributed by atoms with E-state index in [9.17, 15) is 0 Å². The number of hydrogen-bond acceptors (Lipinski definition) is 1. The molecule has 0 aliphatic heterocycles. The third-order valence-corrected chi connectivity index (χ3v) is 4.70. The Balaban J connectivity index is 2.96. The molecule has 0 aromatic heterocycles. The van der Waals surface area contributed by atoms with E-state index in [0.29, 0.717) is 12.0 Å². The van der Waals surface area contributed by atoms with Crippen molar-refractivity contribution in [3.63, 3.8) is 0 Å². The highest BCUT2D eigenvalue weighted by Gasteiger charge is 2.20. The van der Waals surface area contributed by atoms with Crippen LogP contribution < -0.4 is 5.32 Å². The van der Waals surface area contributed by atoms with Gasteiger partial charge in [-0.15, -0.1) is 0 Å². The minimum atomic E-state index is 0.467. The number of benzene rings is 1. The maximum atomic E-state index is 3.71. The van der Waals surface area contributed by atoms with Gasteiger partial charge in [-0.1, -0.05) is 43.1 Å². The second kappa shape index (κ2) is 8.54. The van der Waals surface area contributed by atoms with Gasteiger partial charge < -0.3 is 5.32 Å². The molecular formula is C15H23BrIN. The summed E-state index contributed by atoms with van der Waals surface area (Å²) in [7, 11) is 0. The molecule has 1 aromatic carbocycles. The highest BCUT2D eigenvalue weighted by atomic mass is 127. The van der Waals surface area contributed by atoms with Crippen LogP contribution in [-0.4, -0.2) is 6.54 Å². The van der Waals surface area contributed by atoms with Crippen LogP contribution >= 0.6 is 38.5 Å². The predicted octanol–water partition coefficient (Wildman–Crippen LogP) is 5.53. The first-order valence-corrected chi connectivity index (χ1v) is 8.65. The van der Waals surface area contributed by atoms with E-state index in [1.54, 1.807) is 0 Å². The fourth-order valence-corrected chi connectivity index (χ4v) is 3.34. The zero-order valence-electron chi connectivity index (χ0n) is 11.5. The van der Waals surface area contributed by atoms with E-state index < -0.39 is 0 Å². The van der Waals surface area contributed by atoms with E-state index in [4.69, 9.17) is 0 Å². The van der Waals surface area contributed by atoms with Crippen molar-refractivity contribution in [1.82, 2.24) is 5.32 Å². The third-order valence-electron chi connectivity index (χ3n) is 3.22. The highest BCUT2D eigenvalue weighted by molar-refractivity contribution is 14.1. The predicted molar refractivity (Wildman–Crippen MR) is 92.0 cm³/mol. The van der Waals surface area contributed by atoms with Gasteiger partial charge >= 0.3 is 0 Å². The van der Waals surface area contributed by atoms with Gasteiger partial charge in [0.05, 0.1) is 0 Å². The van der Waals surface area contributed by atoms with Crippen LogP contribution in [0.3, 0.4) is 0 Å². The summed E-state index contributed by atoms with van der Waals surface area (Å²) in [4.78, 5) is 0. The van der Waals surface area contributed by atoms with Gasteiger partial charge in [0.15, 0.2) is 0 Å². The second-order valence-electron chi connectivity index (χ2n) is 4.86. The molecule has 102 valence electrons.